The summed E-state index contributed by atoms with van der Waals surface area (Å²) >= 11 is 7.58. The number of anilines is 1. The number of halogens is 1. The van der Waals surface area contributed by atoms with Gasteiger partial charge in [-0.2, -0.15) is 0 Å². The summed E-state index contributed by atoms with van der Waals surface area (Å²) in [6.45, 7) is 7.01. The van der Waals surface area contributed by atoms with Crippen LogP contribution in [0.1, 0.15) is 41.8 Å². The van der Waals surface area contributed by atoms with Crippen molar-refractivity contribution in [1.82, 2.24) is 4.98 Å². The number of nitrogens with one attached hydrogen (secondary N) is 1. The molecule has 0 unspecified atom stereocenters. The van der Waals surface area contributed by atoms with E-state index < -0.39 is 5.91 Å². The maximum absolute atomic E-state index is 11.3. The van der Waals surface area contributed by atoms with Crippen LogP contribution in [0.25, 0.3) is 0 Å². The van der Waals surface area contributed by atoms with Crippen molar-refractivity contribution >= 4 is 34.5 Å². The first-order valence-corrected chi connectivity index (χ1v) is 7.81. The van der Waals surface area contributed by atoms with Crippen molar-refractivity contribution < 1.29 is 4.79 Å². The molecule has 0 radical (unpaired) electrons. The Bertz CT molecular complexity index is 661. The lowest BCUT2D eigenvalue weighted by Crippen LogP contribution is -2.12. The van der Waals surface area contributed by atoms with Crippen LogP contribution in [0, 0.1) is 0 Å². The van der Waals surface area contributed by atoms with Gasteiger partial charge < -0.3 is 11.1 Å². The molecule has 21 heavy (non-hydrogen) atoms. The number of amides is 1. The molecular weight excluding hydrogens is 306 g/mol. The van der Waals surface area contributed by atoms with Crippen molar-refractivity contribution in [2.75, 3.05) is 5.32 Å². The van der Waals surface area contributed by atoms with Crippen LogP contribution in [0.3, 0.4) is 0 Å². The molecular formula is C15H18ClN3OS. The molecule has 1 heterocycles. The Hall–Kier alpha value is -1.59. The lowest BCUT2D eigenvalue weighted by atomic mass is 9.98. The number of rotatable bonds is 4. The minimum atomic E-state index is -0.535. The third-order valence-corrected chi connectivity index (χ3v) is 4.55. The van der Waals surface area contributed by atoms with Crippen LogP contribution in [-0.2, 0) is 12.0 Å². The Balaban J connectivity index is 2.08. The molecule has 0 saturated carbocycles. The van der Waals surface area contributed by atoms with E-state index in [1.165, 1.54) is 0 Å². The molecule has 2 aromatic rings. The van der Waals surface area contributed by atoms with Gasteiger partial charge >= 0.3 is 0 Å². The van der Waals surface area contributed by atoms with E-state index >= 15 is 0 Å². The minimum absolute atomic E-state index is 0.0579. The molecule has 0 bridgehead atoms. The van der Waals surface area contributed by atoms with Crippen LogP contribution >= 0.6 is 22.9 Å². The van der Waals surface area contributed by atoms with Gasteiger partial charge in [0.2, 0.25) is 5.91 Å². The minimum Gasteiger partial charge on any atom is -0.379 e. The smallest absolute Gasteiger partial charge is 0.250 e. The molecule has 1 aromatic heterocycles. The average Bonchev–Trinajstić information content (AvgIpc) is 2.86. The van der Waals surface area contributed by atoms with Crippen LogP contribution in [0.15, 0.2) is 23.6 Å². The second kappa shape index (κ2) is 6.03. The molecule has 0 aliphatic rings. The largest absolute Gasteiger partial charge is 0.379 e. The number of primary amides is 1. The van der Waals surface area contributed by atoms with E-state index in [2.05, 4.69) is 31.1 Å². The van der Waals surface area contributed by atoms with Crippen LogP contribution < -0.4 is 11.1 Å². The fourth-order valence-electron chi connectivity index (χ4n) is 1.75. The number of aromatic nitrogens is 1. The van der Waals surface area contributed by atoms with E-state index in [4.69, 9.17) is 17.3 Å². The van der Waals surface area contributed by atoms with Gasteiger partial charge in [0.05, 0.1) is 27.8 Å². The number of carbonyl (C=O) groups excluding carboxylic acids is 1. The number of nitrogens with zero attached hydrogens (tertiary/aromatic N) is 1. The summed E-state index contributed by atoms with van der Waals surface area (Å²) in [5.41, 5.74) is 7.42. The Morgan fingerprint density at radius 3 is 2.71 bits per heavy atom. The van der Waals surface area contributed by atoms with Crippen molar-refractivity contribution in [2.45, 2.75) is 32.7 Å². The lowest BCUT2D eigenvalue weighted by Gasteiger charge is -2.13. The summed E-state index contributed by atoms with van der Waals surface area (Å²) in [5, 5.41) is 6.73. The van der Waals surface area contributed by atoms with Gasteiger partial charge in [0.25, 0.3) is 0 Å². The molecule has 0 aliphatic carbocycles. The number of nitrogens with two attached hydrogens (primary N) is 1. The zero-order valence-corrected chi connectivity index (χ0v) is 13.8. The van der Waals surface area contributed by atoms with E-state index in [1.54, 1.807) is 23.5 Å². The molecule has 1 aromatic carbocycles. The summed E-state index contributed by atoms with van der Waals surface area (Å²) in [6.07, 6.45) is 0. The van der Waals surface area contributed by atoms with E-state index in [0.29, 0.717) is 17.1 Å². The van der Waals surface area contributed by atoms with Crippen molar-refractivity contribution in [3.05, 3.63) is 44.9 Å². The summed E-state index contributed by atoms with van der Waals surface area (Å²) in [5.74, 6) is -0.535. The normalized spacial score (nSPS) is 11.4. The number of thiazole rings is 1. The highest BCUT2D eigenvalue weighted by Gasteiger charge is 2.17. The maximum Gasteiger partial charge on any atom is 0.250 e. The standard InChI is InChI=1S/C15H18ClN3OS/c1-15(2,3)14-19-10(8-21-14)7-18-9-4-5-12(16)11(6-9)13(17)20/h4-6,8,18H,7H2,1-3H3,(H2,17,20). The topological polar surface area (TPSA) is 68.0 Å². The highest BCUT2D eigenvalue weighted by atomic mass is 35.5. The number of carbonyl (C=O) groups is 1. The Morgan fingerprint density at radius 1 is 1.43 bits per heavy atom. The van der Waals surface area contributed by atoms with Gasteiger partial charge in [-0.3, -0.25) is 4.79 Å². The zero-order valence-electron chi connectivity index (χ0n) is 12.2. The molecule has 0 atom stereocenters. The monoisotopic (exact) mass is 323 g/mol. The van der Waals surface area contributed by atoms with Gasteiger partial charge in [0.15, 0.2) is 0 Å². The van der Waals surface area contributed by atoms with Gasteiger partial charge in [0, 0.05) is 16.5 Å². The Labute approximate surface area is 133 Å². The molecule has 1 amide bonds. The third-order valence-electron chi connectivity index (χ3n) is 2.90. The van der Waals surface area contributed by atoms with Gasteiger partial charge in [-0.1, -0.05) is 32.4 Å². The van der Waals surface area contributed by atoms with E-state index in [0.717, 1.165) is 16.4 Å². The second-order valence-corrected chi connectivity index (χ2v) is 7.07. The molecule has 112 valence electrons. The van der Waals surface area contributed by atoms with Crippen LogP contribution in [0.2, 0.25) is 5.02 Å². The number of hydrogen-bond acceptors (Lipinski definition) is 4. The SMILES string of the molecule is CC(C)(C)c1nc(CNc2ccc(Cl)c(C(N)=O)c2)cs1. The first-order chi connectivity index (χ1) is 9.77. The predicted molar refractivity (Wildman–Crippen MR) is 88.1 cm³/mol. The average molecular weight is 324 g/mol. The van der Waals surface area contributed by atoms with Crippen molar-refractivity contribution in [3.8, 4) is 0 Å². The first-order valence-electron chi connectivity index (χ1n) is 6.55. The van der Waals surface area contributed by atoms with Gasteiger partial charge in [0.1, 0.15) is 0 Å². The molecule has 0 spiro atoms. The molecule has 0 fully saturated rings. The summed E-state index contributed by atoms with van der Waals surface area (Å²) < 4.78 is 0. The summed E-state index contributed by atoms with van der Waals surface area (Å²) in [7, 11) is 0. The quantitative estimate of drug-likeness (QED) is 0.899. The zero-order chi connectivity index (χ0) is 15.6. The molecule has 2 rings (SSSR count). The van der Waals surface area contributed by atoms with Crippen LogP contribution in [0.4, 0.5) is 5.69 Å². The highest BCUT2D eigenvalue weighted by Crippen LogP contribution is 2.26. The van der Waals surface area contributed by atoms with Crippen LogP contribution in [-0.4, -0.2) is 10.9 Å². The Morgan fingerprint density at radius 2 is 2.14 bits per heavy atom. The molecule has 3 N–H and O–H groups in total. The summed E-state index contributed by atoms with van der Waals surface area (Å²) in [4.78, 5) is 15.9. The van der Waals surface area contributed by atoms with Crippen molar-refractivity contribution in [1.29, 1.82) is 0 Å². The van der Waals surface area contributed by atoms with E-state index in [-0.39, 0.29) is 5.41 Å². The molecule has 0 saturated heterocycles. The maximum atomic E-state index is 11.3. The fourth-order valence-corrected chi connectivity index (χ4v) is 2.87. The number of hydrogen-bond donors (Lipinski definition) is 2. The predicted octanol–water partition coefficient (Wildman–Crippen LogP) is 3.81. The molecule has 6 heteroatoms. The highest BCUT2D eigenvalue weighted by molar-refractivity contribution is 7.09. The number of benzene rings is 1. The lowest BCUT2D eigenvalue weighted by molar-refractivity contribution is 0.100. The van der Waals surface area contributed by atoms with Gasteiger partial charge in [-0.05, 0) is 18.2 Å². The first kappa shape index (κ1) is 15.8. The molecule has 0 aliphatic heterocycles. The second-order valence-electron chi connectivity index (χ2n) is 5.81. The van der Waals surface area contributed by atoms with Gasteiger partial charge in [-0.25, -0.2) is 4.98 Å². The van der Waals surface area contributed by atoms with Crippen LogP contribution in [0.5, 0.6) is 0 Å². The van der Waals surface area contributed by atoms with Crippen molar-refractivity contribution in [2.24, 2.45) is 5.73 Å². The summed E-state index contributed by atoms with van der Waals surface area (Å²) in [6, 6.07) is 5.12. The van der Waals surface area contributed by atoms with Crippen molar-refractivity contribution in [3.63, 3.8) is 0 Å². The van der Waals surface area contributed by atoms with E-state index in [9.17, 15) is 4.79 Å². The molecule has 4 nitrogen and oxygen atoms in total. The fraction of sp³-hybridized carbons (Fsp3) is 0.333. The third kappa shape index (κ3) is 3.95. The Kier molecular flexibility index (Phi) is 4.54. The van der Waals surface area contributed by atoms with Gasteiger partial charge in [-0.15, -0.1) is 11.3 Å². The van der Waals surface area contributed by atoms with E-state index in [1.807, 2.05) is 11.4 Å².